The number of fused-ring (bicyclic) bond motifs is 1. The van der Waals surface area contributed by atoms with Gasteiger partial charge in [-0.05, 0) is 29.8 Å². The molecule has 0 amide bonds. The van der Waals surface area contributed by atoms with Crippen LogP contribution in [-0.4, -0.2) is 17.1 Å². The van der Waals surface area contributed by atoms with Crippen molar-refractivity contribution in [2.24, 2.45) is 0 Å². The van der Waals surface area contributed by atoms with Crippen molar-refractivity contribution in [1.82, 2.24) is 9.97 Å². The summed E-state index contributed by atoms with van der Waals surface area (Å²) in [5.74, 6) is 1.33. The van der Waals surface area contributed by atoms with E-state index in [9.17, 15) is 0 Å². The lowest BCUT2D eigenvalue weighted by Crippen LogP contribution is -2.02. The SMILES string of the molecule is COc1ccc(CNc2cccc3ncnc(N)c23)cc1. The van der Waals surface area contributed by atoms with Crippen LogP contribution in [0.25, 0.3) is 10.9 Å². The quantitative estimate of drug-likeness (QED) is 0.768. The zero-order valence-corrected chi connectivity index (χ0v) is 11.7. The van der Waals surface area contributed by atoms with E-state index in [4.69, 9.17) is 10.5 Å². The molecule has 0 aliphatic heterocycles. The minimum absolute atomic E-state index is 0.484. The summed E-state index contributed by atoms with van der Waals surface area (Å²) in [7, 11) is 1.66. The fraction of sp³-hybridized carbons (Fsp3) is 0.125. The van der Waals surface area contributed by atoms with Crippen LogP contribution in [-0.2, 0) is 6.54 Å². The lowest BCUT2D eigenvalue weighted by atomic mass is 10.1. The molecule has 0 unspecified atom stereocenters. The lowest BCUT2D eigenvalue weighted by Gasteiger charge is -2.11. The third-order valence-corrected chi connectivity index (χ3v) is 3.33. The monoisotopic (exact) mass is 280 g/mol. The highest BCUT2D eigenvalue weighted by Gasteiger charge is 2.06. The summed E-state index contributed by atoms with van der Waals surface area (Å²) in [6.45, 7) is 0.692. The molecular weight excluding hydrogens is 264 g/mol. The summed E-state index contributed by atoms with van der Waals surface area (Å²) in [5, 5.41) is 4.24. The van der Waals surface area contributed by atoms with Gasteiger partial charge in [-0.3, -0.25) is 0 Å². The van der Waals surface area contributed by atoms with Gasteiger partial charge in [0.1, 0.15) is 17.9 Å². The number of rotatable bonds is 4. The highest BCUT2D eigenvalue weighted by atomic mass is 16.5. The Balaban J connectivity index is 1.84. The number of nitrogens with one attached hydrogen (secondary N) is 1. The molecule has 0 aliphatic carbocycles. The Morgan fingerprint density at radius 3 is 2.67 bits per heavy atom. The van der Waals surface area contributed by atoms with Gasteiger partial charge in [-0.1, -0.05) is 18.2 Å². The van der Waals surface area contributed by atoms with Gasteiger partial charge < -0.3 is 15.8 Å². The van der Waals surface area contributed by atoms with Gasteiger partial charge in [-0.15, -0.1) is 0 Å². The van der Waals surface area contributed by atoms with E-state index < -0.39 is 0 Å². The van der Waals surface area contributed by atoms with Crippen LogP contribution in [0.5, 0.6) is 5.75 Å². The van der Waals surface area contributed by atoms with Gasteiger partial charge in [-0.25, -0.2) is 9.97 Å². The number of benzene rings is 2. The van der Waals surface area contributed by atoms with Crippen LogP contribution in [0.2, 0.25) is 0 Å². The minimum atomic E-state index is 0.484. The van der Waals surface area contributed by atoms with Crippen LogP contribution < -0.4 is 15.8 Å². The first-order valence-corrected chi connectivity index (χ1v) is 6.64. The highest BCUT2D eigenvalue weighted by molar-refractivity contribution is 5.98. The standard InChI is InChI=1S/C16H16N4O/c1-21-12-7-5-11(6-8-12)9-18-13-3-2-4-14-15(13)16(17)20-10-19-14/h2-8,10,18H,9H2,1H3,(H2,17,19,20). The van der Waals surface area contributed by atoms with Gasteiger partial charge in [0.05, 0.1) is 18.0 Å². The largest absolute Gasteiger partial charge is 0.497 e. The van der Waals surface area contributed by atoms with Crippen molar-refractivity contribution in [3.8, 4) is 5.75 Å². The van der Waals surface area contributed by atoms with Gasteiger partial charge in [-0.2, -0.15) is 0 Å². The molecule has 1 heterocycles. The Hall–Kier alpha value is -2.82. The van der Waals surface area contributed by atoms with Crippen LogP contribution in [0.3, 0.4) is 0 Å². The van der Waals surface area contributed by atoms with Crippen molar-refractivity contribution < 1.29 is 4.74 Å². The number of anilines is 2. The fourth-order valence-electron chi connectivity index (χ4n) is 2.22. The molecular formula is C16H16N4O. The first-order chi connectivity index (χ1) is 10.3. The molecule has 3 aromatic rings. The molecule has 5 nitrogen and oxygen atoms in total. The highest BCUT2D eigenvalue weighted by Crippen LogP contribution is 2.26. The number of ether oxygens (including phenoxy) is 1. The van der Waals surface area contributed by atoms with Crippen molar-refractivity contribution in [3.05, 3.63) is 54.4 Å². The van der Waals surface area contributed by atoms with Crippen LogP contribution >= 0.6 is 0 Å². The van der Waals surface area contributed by atoms with Crippen molar-refractivity contribution in [1.29, 1.82) is 0 Å². The summed E-state index contributed by atoms with van der Waals surface area (Å²) in [6, 6.07) is 13.8. The third-order valence-electron chi connectivity index (χ3n) is 3.33. The Bertz CT molecular complexity index is 751. The molecule has 5 heteroatoms. The maximum atomic E-state index is 5.96. The van der Waals surface area contributed by atoms with E-state index >= 15 is 0 Å². The van der Waals surface area contributed by atoms with Crippen molar-refractivity contribution in [2.75, 3.05) is 18.2 Å². The number of nitrogen functional groups attached to an aromatic ring is 1. The number of hydrogen-bond acceptors (Lipinski definition) is 5. The van der Waals surface area contributed by atoms with Crippen molar-refractivity contribution >= 4 is 22.4 Å². The van der Waals surface area contributed by atoms with E-state index in [0.29, 0.717) is 12.4 Å². The van der Waals surface area contributed by atoms with E-state index in [0.717, 1.165) is 27.9 Å². The molecule has 0 atom stereocenters. The number of nitrogens with zero attached hydrogens (tertiary/aromatic N) is 2. The van der Waals surface area contributed by atoms with E-state index in [2.05, 4.69) is 15.3 Å². The fourth-order valence-corrected chi connectivity index (χ4v) is 2.22. The van der Waals surface area contributed by atoms with Crippen molar-refractivity contribution in [3.63, 3.8) is 0 Å². The average Bonchev–Trinajstić information content (AvgIpc) is 2.53. The van der Waals surface area contributed by atoms with E-state index in [1.54, 1.807) is 7.11 Å². The average molecular weight is 280 g/mol. The Kier molecular flexibility index (Phi) is 3.55. The number of nitrogens with two attached hydrogens (primary N) is 1. The zero-order chi connectivity index (χ0) is 14.7. The summed E-state index contributed by atoms with van der Waals surface area (Å²) in [6.07, 6.45) is 1.48. The van der Waals surface area contributed by atoms with Gasteiger partial charge in [0.2, 0.25) is 0 Å². The lowest BCUT2D eigenvalue weighted by molar-refractivity contribution is 0.414. The molecule has 21 heavy (non-hydrogen) atoms. The maximum Gasteiger partial charge on any atom is 0.136 e. The number of methoxy groups -OCH3 is 1. The minimum Gasteiger partial charge on any atom is -0.497 e. The smallest absolute Gasteiger partial charge is 0.136 e. The molecule has 0 bridgehead atoms. The predicted octanol–water partition coefficient (Wildman–Crippen LogP) is 2.83. The second kappa shape index (κ2) is 5.66. The molecule has 106 valence electrons. The van der Waals surface area contributed by atoms with E-state index in [1.807, 2.05) is 42.5 Å². The molecule has 2 aromatic carbocycles. The maximum absolute atomic E-state index is 5.96. The first kappa shape index (κ1) is 13.2. The van der Waals surface area contributed by atoms with Gasteiger partial charge >= 0.3 is 0 Å². The summed E-state index contributed by atoms with van der Waals surface area (Å²) in [4.78, 5) is 8.29. The third kappa shape index (κ3) is 2.72. The second-order valence-electron chi connectivity index (χ2n) is 4.66. The van der Waals surface area contributed by atoms with E-state index in [-0.39, 0.29) is 0 Å². The van der Waals surface area contributed by atoms with Crippen LogP contribution in [0.4, 0.5) is 11.5 Å². The molecule has 3 rings (SSSR count). The summed E-state index contributed by atoms with van der Waals surface area (Å²) < 4.78 is 5.15. The molecule has 0 spiro atoms. The van der Waals surface area contributed by atoms with Gasteiger partial charge in [0, 0.05) is 12.2 Å². The Morgan fingerprint density at radius 1 is 1.10 bits per heavy atom. The molecule has 0 fully saturated rings. The predicted molar refractivity (Wildman–Crippen MR) is 84.3 cm³/mol. The molecule has 3 N–H and O–H groups in total. The summed E-state index contributed by atoms with van der Waals surface area (Å²) in [5.41, 5.74) is 8.88. The van der Waals surface area contributed by atoms with Gasteiger partial charge in [0.15, 0.2) is 0 Å². The number of aromatic nitrogens is 2. The van der Waals surface area contributed by atoms with Gasteiger partial charge in [0.25, 0.3) is 0 Å². The zero-order valence-electron chi connectivity index (χ0n) is 11.7. The Labute approximate surface area is 122 Å². The van der Waals surface area contributed by atoms with Crippen molar-refractivity contribution in [2.45, 2.75) is 6.54 Å². The molecule has 0 radical (unpaired) electrons. The van der Waals surface area contributed by atoms with Crippen LogP contribution in [0.15, 0.2) is 48.8 Å². The second-order valence-corrected chi connectivity index (χ2v) is 4.66. The summed E-state index contributed by atoms with van der Waals surface area (Å²) >= 11 is 0. The normalized spacial score (nSPS) is 10.5. The van der Waals surface area contributed by atoms with Crippen LogP contribution in [0, 0.1) is 0 Å². The first-order valence-electron chi connectivity index (χ1n) is 6.64. The molecule has 0 aliphatic rings. The molecule has 1 aromatic heterocycles. The van der Waals surface area contributed by atoms with E-state index in [1.165, 1.54) is 6.33 Å². The molecule has 0 saturated heterocycles. The Morgan fingerprint density at radius 2 is 1.90 bits per heavy atom. The number of hydrogen-bond donors (Lipinski definition) is 2. The topological polar surface area (TPSA) is 73.1 Å². The van der Waals surface area contributed by atoms with Crippen LogP contribution in [0.1, 0.15) is 5.56 Å². The molecule has 0 saturated carbocycles.